The zero-order valence-corrected chi connectivity index (χ0v) is 14.0. The van der Waals surface area contributed by atoms with Crippen LogP contribution < -0.4 is 5.32 Å². The van der Waals surface area contributed by atoms with Gasteiger partial charge in [0.25, 0.3) is 0 Å². The molecule has 0 aromatic carbocycles. The second-order valence-corrected chi connectivity index (χ2v) is 7.51. The lowest BCUT2D eigenvalue weighted by atomic mass is 9.85. The molecule has 1 N–H and O–H groups in total. The highest BCUT2D eigenvalue weighted by atomic mass is 32.1. The summed E-state index contributed by atoms with van der Waals surface area (Å²) in [5.74, 6) is -1.66. The van der Waals surface area contributed by atoms with E-state index in [-0.39, 0.29) is 64.9 Å². The second kappa shape index (κ2) is 5.86. The number of amides is 3. The SMILES string of the molecule is O=C(CCN1C(=O)C2C3C=CC(C3)C2C1=O)Nc1nnc(C(F)(F)F)s1. The molecule has 2 fully saturated rings. The molecule has 2 bridgehead atoms. The van der Waals surface area contributed by atoms with E-state index in [2.05, 4.69) is 15.5 Å². The summed E-state index contributed by atoms with van der Waals surface area (Å²) in [4.78, 5) is 37.9. The molecular weight excluding hydrogens is 373 g/mol. The van der Waals surface area contributed by atoms with Crippen LogP contribution in [0.3, 0.4) is 0 Å². The summed E-state index contributed by atoms with van der Waals surface area (Å²) in [5, 5.41) is 7.01. The zero-order chi connectivity index (χ0) is 18.6. The first-order valence-corrected chi connectivity index (χ1v) is 8.81. The highest BCUT2D eigenvalue weighted by Gasteiger charge is 2.59. The predicted molar refractivity (Wildman–Crippen MR) is 82.6 cm³/mol. The molecule has 1 saturated carbocycles. The molecule has 4 atom stereocenters. The monoisotopic (exact) mass is 386 g/mol. The minimum atomic E-state index is -4.62. The highest BCUT2D eigenvalue weighted by Crippen LogP contribution is 2.52. The van der Waals surface area contributed by atoms with E-state index in [0.717, 1.165) is 11.3 Å². The molecule has 7 nitrogen and oxygen atoms in total. The first-order valence-electron chi connectivity index (χ1n) is 8.00. The Labute approximate surface area is 149 Å². The van der Waals surface area contributed by atoms with Crippen molar-refractivity contribution in [1.29, 1.82) is 0 Å². The molecule has 4 rings (SSSR count). The van der Waals surface area contributed by atoms with Crippen LogP contribution in [0.5, 0.6) is 0 Å². The number of alkyl halides is 3. The van der Waals surface area contributed by atoms with Crippen LogP contribution in [0.4, 0.5) is 18.3 Å². The summed E-state index contributed by atoms with van der Waals surface area (Å²) in [7, 11) is 0. The average Bonchev–Trinajstić information content (AvgIpc) is 3.30. The number of carbonyl (C=O) groups is 3. The van der Waals surface area contributed by atoms with Gasteiger partial charge in [0.2, 0.25) is 27.9 Å². The Bertz CT molecular complexity index is 791. The van der Waals surface area contributed by atoms with Crippen molar-refractivity contribution < 1.29 is 27.6 Å². The van der Waals surface area contributed by atoms with Crippen molar-refractivity contribution in [3.05, 3.63) is 17.2 Å². The van der Waals surface area contributed by atoms with Crippen molar-refractivity contribution >= 4 is 34.2 Å². The van der Waals surface area contributed by atoms with Crippen molar-refractivity contribution in [3.63, 3.8) is 0 Å². The molecule has 26 heavy (non-hydrogen) atoms. The number of nitrogens with zero attached hydrogens (tertiary/aromatic N) is 3. The van der Waals surface area contributed by atoms with Gasteiger partial charge in [-0.1, -0.05) is 23.5 Å². The number of rotatable bonds is 4. The van der Waals surface area contributed by atoms with Gasteiger partial charge in [-0.3, -0.25) is 19.3 Å². The lowest BCUT2D eigenvalue weighted by Gasteiger charge is -2.16. The lowest BCUT2D eigenvalue weighted by Crippen LogP contribution is -2.35. The standard InChI is InChI=1S/C15H13F3N4O3S/c16-15(17,18)13-20-21-14(26-13)19-8(23)3-4-22-11(24)9-6-1-2-7(5-6)10(9)12(22)25/h1-2,6-7,9-10H,3-5H2,(H,19,21,23). The number of aromatic nitrogens is 2. The van der Waals surface area contributed by atoms with Crippen LogP contribution in [0.2, 0.25) is 0 Å². The first kappa shape index (κ1) is 17.1. The van der Waals surface area contributed by atoms with Crippen molar-refractivity contribution in [2.45, 2.75) is 19.0 Å². The first-order chi connectivity index (χ1) is 12.3. The van der Waals surface area contributed by atoms with E-state index in [1.54, 1.807) is 0 Å². The van der Waals surface area contributed by atoms with E-state index in [0.29, 0.717) is 0 Å². The van der Waals surface area contributed by atoms with E-state index in [1.165, 1.54) is 0 Å². The van der Waals surface area contributed by atoms with Gasteiger partial charge in [-0.05, 0) is 18.3 Å². The Morgan fingerprint density at radius 1 is 1.19 bits per heavy atom. The number of carbonyl (C=O) groups excluding carboxylic acids is 3. The summed E-state index contributed by atoms with van der Waals surface area (Å²) in [6.07, 6.45) is -0.0671. The van der Waals surface area contributed by atoms with E-state index >= 15 is 0 Å². The number of imide groups is 1. The van der Waals surface area contributed by atoms with Gasteiger partial charge in [0.1, 0.15) is 0 Å². The molecule has 1 aliphatic heterocycles. The fourth-order valence-corrected chi connectivity index (χ4v) is 4.59. The van der Waals surface area contributed by atoms with Crippen molar-refractivity contribution in [3.8, 4) is 0 Å². The van der Waals surface area contributed by atoms with Crippen LogP contribution in [-0.2, 0) is 20.6 Å². The third-order valence-electron chi connectivity index (χ3n) is 5.04. The molecule has 138 valence electrons. The largest absolute Gasteiger partial charge is 0.445 e. The van der Waals surface area contributed by atoms with Crippen molar-refractivity contribution in [2.75, 3.05) is 11.9 Å². The fraction of sp³-hybridized carbons (Fsp3) is 0.533. The molecule has 1 aromatic rings. The molecule has 3 aliphatic rings. The number of hydrogen-bond acceptors (Lipinski definition) is 6. The summed E-state index contributed by atoms with van der Waals surface area (Å²) in [6, 6.07) is 0. The molecule has 11 heteroatoms. The van der Waals surface area contributed by atoms with Crippen LogP contribution in [0, 0.1) is 23.7 Å². The maximum absolute atomic E-state index is 12.5. The van der Waals surface area contributed by atoms with Crippen LogP contribution in [0.15, 0.2) is 12.2 Å². The number of hydrogen-bond donors (Lipinski definition) is 1. The zero-order valence-electron chi connectivity index (χ0n) is 13.2. The smallest absolute Gasteiger partial charge is 0.300 e. The van der Waals surface area contributed by atoms with Gasteiger partial charge in [-0.15, -0.1) is 10.2 Å². The number of allylic oxidation sites excluding steroid dienone is 2. The molecule has 1 saturated heterocycles. The van der Waals surface area contributed by atoms with Crippen molar-refractivity contribution in [1.82, 2.24) is 15.1 Å². The fourth-order valence-electron chi connectivity index (χ4n) is 3.97. The number of likely N-dealkylation sites (tertiary alicyclic amines) is 1. The molecule has 1 aromatic heterocycles. The van der Waals surface area contributed by atoms with Crippen molar-refractivity contribution in [2.24, 2.45) is 23.7 Å². The van der Waals surface area contributed by atoms with Crippen LogP contribution in [0.25, 0.3) is 0 Å². The molecule has 0 spiro atoms. The summed E-state index contributed by atoms with van der Waals surface area (Å²) in [6.45, 7) is -0.0964. The summed E-state index contributed by atoms with van der Waals surface area (Å²) in [5.41, 5.74) is 0. The maximum Gasteiger partial charge on any atom is 0.445 e. The van der Waals surface area contributed by atoms with Gasteiger partial charge in [-0.2, -0.15) is 13.2 Å². The van der Waals surface area contributed by atoms with Gasteiger partial charge in [-0.25, -0.2) is 0 Å². The molecule has 2 aliphatic carbocycles. The van der Waals surface area contributed by atoms with E-state index in [9.17, 15) is 27.6 Å². The number of anilines is 1. The topological polar surface area (TPSA) is 92.3 Å². The minimum absolute atomic E-state index is 0.0856. The van der Waals surface area contributed by atoms with Gasteiger partial charge < -0.3 is 5.32 Å². The van der Waals surface area contributed by atoms with Crippen LogP contribution in [-0.4, -0.2) is 39.4 Å². The maximum atomic E-state index is 12.5. The molecule has 2 heterocycles. The average molecular weight is 386 g/mol. The molecular formula is C15H13F3N4O3S. The molecule has 3 amide bonds. The van der Waals surface area contributed by atoms with Gasteiger partial charge in [0, 0.05) is 13.0 Å². The van der Waals surface area contributed by atoms with Gasteiger partial charge >= 0.3 is 6.18 Å². The Morgan fingerprint density at radius 2 is 1.81 bits per heavy atom. The third kappa shape index (κ3) is 2.70. The van der Waals surface area contributed by atoms with Gasteiger partial charge in [0.05, 0.1) is 11.8 Å². The molecule has 4 unspecified atom stereocenters. The van der Waals surface area contributed by atoms with Gasteiger partial charge in [0.15, 0.2) is 0 Å². The Kier molecular flexibility index (Phi) is 3.86. The van der Waals surface area contributed by atoms with E-state index in [1.807, 2.05) is 12.2 Å². The molecule has 0 radical (unpaired) electrons. The van der Waals surface area contributed by atoms with Crippen LogP contribution in [0.1, 0.15) is 17.8 Å². The quantitative estimate of drug-likeness (QED) is 0.628. The number of halogens is 3. The summed E-state index contributed by atoms with van der Waals surface area (Å²) < 4.78 is 37.4. The number of fused-ring (bicyclic) bond motifs is 5. The minimum Gasteiger partial charge on any atom is -0.300 e. The Hall–Kier alpha value is -2.30. The Morgan fingerprint density at radius 3 is 2.35 bits per heavy atom. The van der Waals surface area contributed by atoms with E-state index in [4.69, 9.17) is 0 Å². The number of nitrogens with one attached hydrogen (secondary N) is 1. The highest BCUT2D eigenvalue weighted by molar-refractivity contribution is 7.15. The second-order valence-electron chi connectivity index (χ2n) is 6.54. The van der Waals surface area contributed by atoms with Crippen LogP contribution >= 0.6 is 11.3 Å². The summed E-state index contributed by atoms with van der Waals surface area (Å²) >= 11 is 0.215. The third-order valence-corrected chi connectivity index (χ3v) is 5.92. The normalized spacial score (nSPS) is 29.6. The lowest BCUT2D eigenvalue weighted by molar-refractivity contribution is -0.141. The Balaban J connectivity index is 1.35. The van der Waals surface area contributed by atoms with E-state index < -0.39 is 17.1 Å². The predicted octanol–water partition coefficient (Wildman–Crippen LogP) is 1.69.